The van der Waals surface area contributed by atoms with E-state index in [0.717, 1.165) is 6.42 Å². The van der Waals surface area contributed by atoms with Crippen LogP contribution < -0.4 is 5.73 Å². The van der Waals surface area contributed by atoms with Gasteiger partial charge in [-0.15, -0.1) is 6.58 Å². The van der Waals surface area contributed by atoms with E-state index in [1.807, 2.05) is 6.92 Å². The number of hydrogen-bond acceptors (Lipinski definition) is 1. The highest BCUT2D eigenvalue weighted by atomic mass is 19.3. The molecule has 1 atom stereocenters. The fraction of sp³-hybridized carbons (Fsp3) is 0.778. The van der Waals surface area contributed by atoms with Gasteiger partial charge in [-0.25, -0.2) is 8.78 Å². The van der Waals surface area contributed by atoms with Crippen molar-refractivity contribution < 1.29 is 8.78 Å². The Morgan fingerprint density at radius 3 is 2.25 bits per heavy atom. The van der Waals surface area contributed by atoms with E-state index in [2.05, 4.69) is 6.58 Å². The molecular weight excluding hydrogens is 160 g/mol. The lowest BCUT2D eigenvalue weighted by atomic mass is 9.92. The molecule has 0 spiro atoms. The number of allylic oxidation sites excluding steroid dienone is 1. The lowest BCUT2D eigenvalue weighted by molar-refractivity contribution is -0.0514. The van der Waals surface area contributed by atoms with E-state index in [1.54, 1.807) is 6.08 Å². The van der Waals surface area contributed by atoms with Crippen molar-refractivity contribution in [2.24, 2.45) is 5.73 Å². The van der Waals surface area contributed by atoms with Crippen LogP contribution in [0.15, 0.2) is 12.7 Å². The van der Waals surface area contributed by atoms with Crippen LogP contribution in [0.5, 0.6) is 0 Å². The summed E-state index contributed by atoms with van der Waals surface area (Å²) in [6.45, 7) is 5.25. The Morgan fingerprint density at radius 1 is 1.50 bits per heavy atom. The quantitative estimate of drug-likeness (QED) is 0.566. The van der Waals surface area contributed by atoms with Crippen molar-refractivity contribution in [2.75, 3.05) is 0 Å². The summed E-state index contributed by atoms with van der Waals surface area (Å²) in [6, 6.07) is -0.883. The Hall–Kier alpha value is -0.440. The molecule has 12 heavy (non-hydrogen) atoms. The van der Waals surface area contributed by atoms with Crippen molar-refractivity contribution in [1.29, 1.82) is 0 Å². The predicted octanol–water partition coefficient (Wildman–Crippen LogP) is 2.72. The minimum absolute atomic E-state index is 0.0197. The van der Waals surface area contributed by atoms with Crippen LogP contribution in [0.25, 0.3) is 0 Å². The maximum Gasteiger partial charge on any atom is 0.262 e. The number of hydrogen-bond donors (Lipinski definition) is 1. The van der Waals surface area contributed by atoms with Gasteiger partial charge in [0.1, 0.15) is 0 Å². The summed E-state index contributed by atoms with van der Waals surface area (Å²) in [7, 11) is 0. The monoisotopic (exact) mass is 177 g/mol. The molecule has 0 saturated heterocycles. The predicted molar refractivity (Wildman–Crippen MR) is 47.3 cm³/mol. The van der Waals surface area contributed by atoms with E-state index in [1.165, 1.54) is 0 Å². The summed E-state index contributed by atoms with van der Waals surface area (Å²) in [5.74, 6) is -2.59. The van der Waals surface area contributed by atoms with E-state index in [-0.39, 0.29) is 6.42 Å². The molecule has 0 bridgehead atoms. The first-order valence-electron chi connectivity index (χ1n) is 4.25. The van der Waals surface area contributed by atoms with Gasteiger partial charge in [0, 0.05) is 6.42 Å². The lowest BCUT2D eigenvalue weighted by Crippen LogP contribution is -2.43. The summed E-state index contributed by atoms with van der Waals surface area (Å²) < 4.78 is 24.9. The highest BCUT2D eigenvalue weighted by molar-refractivity contribution is 4.84. The molecule has 0 amide bonds. The van der Waals surface area contributed by atoms with E-state index >= 15 is 0 Å². The molecule has 0 heterocycles. The van der Waals surface area contributed by atoms with Crippen molar-refractivity contribution in [3.05, 3.63) is 12.7 Å². The molecule has 0 radical (unpaired) electrons. The van der Waals surface area contributed by atoms with Crippen molar-refractivity contribution in [2.45, 2.75) is 44.6 Å². The third kappa shape index (κ3) is 3.81. The van der Waals surface area contributed by atoms with Gasteiger partial charge in [0.05, 0.1) is 6.04 Å². The molecule has 1 aliphatic rings. The number of rotatable bonds is 0. The molecule has 72 valence electrons. The number of halogens is 2. The van der Waals surface area contributed by atoms with Crippen molar-refractivity contribution in [3.63, 3.8) is 0 Å². The zero-order valence-electron chi connectivity index (χ0n) is 7.52. The molecular formula is C9H17F2N. The van der Waals surface area contributed by atoms with E-state index in [9.17, 15) is 8.78 Å². The van der Waals surface area contributed by atoms with Gasteiger partial charge in [0.2, 0.25) is 0 Å². The molecule has 1 aliphatic carbocycles. The first kappa shape index (κ1) is 11.6. The third-order valence-corrected chi connectivity index (χ3v) is 1.82. The molecule has 0 aromatic heterocycles. The Balaban J connectivity index is 0.000000354. The molecule has 1 saturated carbocycles. The Labute approximate surface area is 72.6 Å². The molecule has 1 nitrogen and oxygen atoms in total. The second-order valence-electron chi connectivity index (χ2n) is 3.02. The average Bonchev–Trinajstić information content (AvgIpc) is 1.97. The number of nitrogens with two attached hydrogens (primary N) is 1. The molecule has 0 aromatic carbocycles. The highest BCUT2D eigenvalue weighted by Gasteiger charge is 2.38. The SMILES string of the molecule is C=CC.NC1CCCCC1(F)F. The maximum atomic E-state index is 12.5. The molecule has 2 N–H and O–H groups in total. The van der Waals surface area contributed by atoms with Crippen LogP contribution in [0.4, 0.5) is 8.78 Å². The van der Waals surface area contributed by atoms with Crippen LogP contribution in [0.1, 0.15) is 32.6 Å². The second kappa shape index (κ2) is 5.25. The van der Waals surface area contributed by atoms with Gasteiger partial charge in [0.25, 0.3) is 5.92 Å². The zero-order chi connectivity index (χ0) is 9.61. The summed E-state index contributed by atoms with van der Waals surface area (Å²) in [5.41, 5.74) is 5.16. The van der Waals surface area contributed by atoms with Gasteiger partial charge in [-0.05, 0) is 19.8 Å². The van der Waals surface area contributed by atoms with Crippen molar-refractivity contribution in [3.8, 4) is 0 Å². The first-order chi connectivity index (χ1) is 5.54. The fourth-order valence-electron chi connectivity index (χ4n) is 1.12. The minimum atomic E-state index is -2.59. The van der Waals surface area contributed by atoms with E-state index < -0.39 is 12.0 Å². The van der Waals surface area contributed by atoms with Crippen molar-refractivity contribution in [1.82, 2.24) is 0 Å². The minimum Gasteiger partial charge on any atom is -0.323 e. The normalized spacial score (nSPS) is 26.8. The van der Waals surface area contributed by atoms with Crippen LogP contribution in [0.3, 0.4) is 0 Å². The third-order valence-electron chi connectivity index (χ3n) is 1.82. The van der Waals surface area contributed by atoms with Gasteiger partial charge in [-0.3, -0.25) is 0 Å². The van der Waals surface area contributed by atoms with Gasteiger partial charge in [-0.1, -0.05) is 12.5 Å². The Morgan fingerprint density at radius 2 is 2.00 bits per heavy atom. The smallest absolute Gasteiger partial charge is 0.262 e. The van der Waals surface area contributed by atoms with Crippen LogP contribution in [-0.4, -0.2) is 12.0 Å². The summed E-state index contributed by atoms with van der Waals surface area (Å²) in [4.78, 5) is 0. The molecule has 0 aliphatic heterocycles. The fourth-order valence-corrected chi connectivity index (χ4v) is 1.12. The van der Waals surface area contributed by atoms with E-state index in [4.69, 9.17) is 5.73 Å². The van der Waals surface area contributed by atoms with Crippen LogP contribution in [0.2, 0.25) is 0 Å². The topological polar surface area (TPSA) is 26.0 Å². The summed E-state index contributed by atoms with van der Waals surface area (Å²) in [6.07, 6.45) is 3.69. The van der Waals surface area contributed by atoms with Gasteiger partial charge in [-0.2, -0.15) is 0 Å². The Kier molecular flexibility index (Phi) is 5.06. The Bertz CT molecular complexity index is 134. The van der Waals surface area contributed by atoms with E-state index in [0.29, 0.717) is 12.8 Å². The van der Waals surface area contributed by atoms with Crippen LogP contribution >= 0.6 is 0 Å². The standard InChI is InChI=1S/C6H11F2N.C3H6/c7-6(8)4-2-1-3-5(6)9;1-3-2/h5H,1-4,9H2;3H,1H2,2H3. The highest BCUT2D eigenvalue weighted by Crippen LogP contribution is 2.31. The number of alkyl halides is 2. The second-order valence-corrected chi connectivity index (χ2v) is 3.02. The molecule has 0 aromatic rings. The summed E-state index contributed by atoms with van der Waals surface area (Å²) in [5, 5.41) is 0. The van der Waals surface area contributed by atoms with Gasteiger partial charge < -0.3 is 5.73 Å². The average molecular weight is 177 g/mol. The van der Waals surface area contributed by atoms with Gasteiger partial charge >= 0.3 is 0 Å². The first-order valence-corrected chi connectivity index (χ1v) is 4.25. The molecule has 1 fully saturated rings. The molecule has 1 rings (SSSR count). The zero-order valence-corrected chi connectivity index (χ0v) is 7.52. The lowest BCUT2D eigenvalue weighted by Gasteiger charge is -2.27. The largest absolute Gasteiger partial charge is 0.323 e. The molecule has 3 heteroatoms. The van der Waals surface area contributed by atoms with Crippen LogP contribution in [-0.2, 0) is 0 Å². The molecule has 1 unspecified atom stereocenters. The maximum absolute atomic E-state index is 12.5. The van der Waals surface area contributed by atoms with Gasteiger partial charge in [0.15, 0.2) is 0 Å². The van der Waals surface area contributed by atoms with Crippen molar-refractivity contribution >= 4 is 0 Å². The summed E-state index contributed by atoms with van der Waals surface area (Å²) >= 11 is 0. The van der Waals surface area contributed by atoms with Crippen LogP contribution in [0, 0.1) is 0 Å².